The first-order valence-corrected chi connectivity index (χ1v) is 16.9. The predicted molar refractivity (Wildman–Crippen MR) is 150 cm³/mol. The van der Waals surface area contributed by atoms with Crippen LogP contribution in [0.4, 0.5) is 11.5 Å². The van der Waals surface area contributed by atoms with Crippen molar-refractivity contribution in [1.82, 2.24) is 24.5 Å². The molecule has 3 aromatic heterocycles. The van der Waals surface area contributed by atoms with Crippen molar-refractivity contribution >= 4 is 35.1 Å². The van der Waals surface area contributed by atoms with Gasteiger partial charge in [-0.05, 0) is 52.4 Å². The molecular formula is C27H38N7O4P. The van der Waals surface area contributed by atoms with Gasteiger partial charge in [0.05, 0.1) is 49.6 Å². The Labute approximate surface area is 228 Å². The van der Waals surface area contributed by atoms with Crippen LogP contribution >= 0.6 is 7.14 Å². The van der Waals surface area contributed by atoms with E-state index in [1.165, 1.54) is 0 Å². The van der Waals surface area contributed by atoms with Crippen LogP contribution in [0.5, 0.6) is 0 Å². The third-order valence-electron chi connectivity index (χ3n) is 8.54. The molecule has 11 nitrogen and oxygen atoms in total. The molecule has 4 atom stereocenters. The molecule has 2 bridgehead atoms. The molecular weight excluding hydrogens is 517 g/mol. The lowest BCUT2D eigenvalue weighted by Gasteiger charge is -2.38. The number of pyridine rings is 1. The fourth-order valence-corrected chi connectivity index (χ4v) is 7.64. The molecule has 0 amide bonds. The third-order valence-corrected chi connectivity index (χ3v) is 9.87. The fraction of sp³-hybridized carbons (Fsp3) is 0.667. The lowest BCUT2D eigenvalue weighted by molar-refractivity contribution is -0.0395. The Kier molecular flexibility index (Phi) is 6.45. The zero-order valence-electron chi connectivity index (χ0n) is 23.0. The summed E-state index contributed by atoms with van der Waals surface area (Å²) in [5, 5.41) is 10.7. The monoisotopic (exact) mass is 555 g/mol. The molecule has 0 radical (unpaired) electrons. The number of fused-ring (bicyclic) bond motifs is 3. The molecule has 3 aromatic rings. The predicted octanol–water partition coefficient (Wildman–Crippen LogP) is 3.16. The van der Waals surface area contributed by atoms with Gasteiger partial charge >= 0.3 is 0 Å². The minimum Gasteiger partial charge on any atom is -0.377 e. The number of aromatic nitrogens is 5. The minimum absolute atomic E-state index is 0.0745. The second-order valence-electron chi connectivity index (χ2n) is 11.7. The Balaban J connectivity index is 1.43. The molecule has 4 saturated heterocycles. The van der Waals surface area contributed by atoms with E-state index in [2.05, 4.69) is 22.8 Å². The molecule has 7 rings (SSSR count). The summed E-state index contributed by atoms with van der Waals surface area (Å²) in [6.45, 7) is 9.99. The van der Waals surface area contributed by atoms with Gasteiger partial charge < -0.3 is 28.6 Å². The van der Waals surface area contributed by atoms with Crippen molar-refractivity contribution in [3.05, 3.63) is 18.3 Å². The van der Waals surface area contributed by atoms with Gasteiger partial charge in [0.2, 0.25) is 0 Å². The number of hydrogen-bond acceptors (Lipinski definition) is 9. The molecule has 4 aliphatic heterocycles. The van der Waals surface area contributed by atoms with Gasteiger partial charge in [-0.25, -0.2) is 9.67 Å². The zero-order chi connectivity index (χ0) is 26.7. The largest absolute Gasteiger partial charge is 0.377 e. The van der Waals surface area contributed by atoms with Crippen LogP contribution in [0.2, 0.25) is 0 Å². The first-order valence-electron chi connectivity index (χ1n) is 14.3. The Morgan fingerprint density at radius 3 is 2.51 bits per heavy atom. The van der Waals surface area contributed by atoms with Crippen LogP contribution < -0.4 is 15.2 Å². The van der Waals surface area contributed by atoms with Gasteiger partial charge in [-0.1, -0.05) is 0 Å². The van der Waals surface area contributed by atoms with E-state index in [1.54, 1.807) is 18.0 Å². The smallest absolute Gasteiger partial charge is 0.177 e. The van der Waals surface area contributed by atoms with Crippen LogP contribution in [-0.2, 0) is 18.8 Å². The van der Waals surface area contributed by atoms with E-state index >= 15 is 0 Å². The van der Waals surface area contributed by atoms with Crippen molar-refractivity contribution in [1.29, 1.82) is 0 Å². The second kappa shape index (κ2) is 9.87. The van der Waals surface area contributed by atoms with Crippen molar-refractivity contribution < 1.29 is 18.8 Å². The first-order chi connectivity index (χ1) is 18.9. The molecule has 0 aliphatic carbocycles. The van der Waals surface area contributed by atoms with Crippen molar-refractivity contribution in [2.45, 2.75) is 63.4 Å². The van der Waals surface area contributed by atoms with Gasteiger partial charge in [0.1, 0.15) is 24.6 Å². The fourth-order valence-electron chi connectivity index (χ4n) is 6.58. The third kappa shape index (κ3) is 4.47. The summed E-state index contributed by atoms with van der Waals surface area (Å²) in [5.74, 6) is 1.58. The van der Waals surface area contributed by atoms with Crippen molar-refractivity contribution in [3.63, 3.8) is 0 Å². The highest BCUT2D eigenvalue weighted by Gasteiger charge is 2.40. The normalized spacial score (nSPS) is 28.0. The molecule has 0 N–H and O–H groups in total. The number of anilines is 2. The Bertz CT molecular complexity index is 1390. The Hall–Kier alpha value is -2.46. The molecule has 7 heterocycles. The van der Waals surface area contributed by atoms with Crippen LogP contribution in [0.15, 0.2) is 18.3 Å². The van der Waals surface area contributed by atoms with Gasteiger partial charge in [0, 0.05) is 37.5 Å². The molecule has 4 fully saturated rings. The van der Waals surface area contributed by atoms with E-state index in [-0.39, 0.29) is 12.3 Å². The van der Waals surface area contributed by atoms with E-state index in [0.29, 0.717) is 42.2 Å². The average Bonchev–Trinajstić information content (AvgIpc) is 3.63. The van der Waals surface area contributed by atoms with Gasteiger partial charge in [-0.3, -0.25) is 0 Å². The quantitative estimate of drug-likeness (QED) is 0.440. The highest BCUT2D eigenvalue weighted by molar-refractivity contribution is 7.70. The maximum atomic E-state index is 13.7. The maximum absolute atomic E-state index is 13.7. The van der Waals surface area contributed by atoms with Gasteiger partial charge in [0.25, 0.3) is 0 Å². The van der Waals surface area contributed by atoms with Gasteiger partial charge in [0.15, 0.2) is 11.5 Å². The lowest BCUT2D eigenvalue weighted by atomic mass is 10.1. The van der Waals surface area contributed by atoms with Crippen molar-refractivity contribution in [2.75, 3.05) is 62.7 Å². The Morgan fingerprint density at radius 2 is 1.79 bits per heavy atom. The summed E-state index contributed by atoms with van der Waals surface area (Å²) in [5.41, 5.74) is 2.32. The van der Waals surface area contributed by atoms with Crippen LogP contribution in [0.1, 0.15) is 45.3 Å². The van der Waals surface area contributed by atoms with E-state index < -0.39 is 7.14 Å². The Morgan fingerprint density at radius 1 is 0.974 bits per heavy atom. The number of rotatable bonds is 5. The molecule has 0 saturated carbocycles. The highest BCUT2D eigenvalue weighted by Crippen LogP contribution is 2.43. The van der Waals surface area contributed by atoms with E-state index in [4.69, 9.17) is 29.4 Å². The molecule has 3 unspecified atom stereocenters. The van der Waals surface area contributed by atoms with E-state index in [0.717, 1.165) is 75.4 Å². The van der Waals surface area contributed by atoms with Gasteiger partial charge in [-0.15, -0.1) is 0 Å². The van der Waals surface area contributed by atoms with Crippen LogP contribution in [-0.4, -0.2) is 95.6 Å². The molecule has 12 heteroatoms. The van der Waals surface area contributed by atoms with Crippen LogP contribution in [0.3, 0.4) is 0 Å². The number of ether oxygens (including phenoxy) is 3. The zero-order valence-corrected chi connectivity index (χ0v) is 23.9. The number of morpholine rings is 2. The SMILES string of the molecule is C[C@@H]1COCCN1c1cc(N2C3CCC2COC3)nc2c1c(P(C)(C)=O)nn2-c1ccn(C2CCCCO2)n1. The van der Waals surface area contributed by atoms with Crippen LogP contribution in [0.25, 0.3) is 16.9 Å². The summed E-state index contributed by atoms with van der Waals surface area (Å²) in [6.07, 6.45) is 7.22. The summed E-state index contributed by atoms with van der Waals surface area (Å²) >= 11 is 0. The van der Waals surface area contributed by atoms with Gasteiger partial charge in [-0.2, -0.15) is 14.9 Å². The lowest BCUT2D eigenvalue weighted by Crippen LogP contribution is -2.47. The summed E-state index contributed by atoms with van der Waals surface area (Å²) in [4.78, 5) is 10.1. The summed E-state index contributed by atoms with van der Waals surface area (Å²) in [6, 6.07) is 4.94. The first kappa shape index (κ1) is 25.5. The summed E-state index contributed by atoms with van der Waals surface area (Å²) < 4.78 is 35.0. The second-order valence-corrected chi connectivity index (χ2v) is 14.8. The van der Waals surface area contributed by atoms with E-state index in [1.807, 2.05) is 16.9 Å². The molecule has 210 valence electrons. The topological polar surface area (TPSA) is 99.8 Å². The molecule has 39 heavy (non-hydrogen) atoms. The highest BCUT2D eigenvalue weighted by atomic mass is 31.2. The number of nitrogens with zero attached hydrogens (tertiary/aromatic N) is 7. The number of hydrogen-bond donors (Lipinski definition) is 0. The van der Waals surface area contributed by atoms with E-state index in [9.17, 15) is 4.57 Å². The van der Waals surface area contributed by atoms with Crippen molar-refractivity contribution in [2.24, 2.45) is 0 Å². The van der Waals surface area contributed by atoms with Crippen LogP contribution in [0, 0.1) is 0 Å². The summed E-state index contributed by atoms with van der Waals surface area (Å²) in [7, 11) is -2.76. The standard InChI is InChI=1S/C27H38N7O4P/c1-18-15-36-13-11-31(18)21-14-23(33-19-7-8-20(33)17-37-16-19)28-26-25(21)27(39(2,3)35)30-34(26)22-9-10-32(29-22)24-6-4-5-12-38-24/h9-10,14,18-20,24H,4-8,11-13,15-17H2,1-3H3/t18-,19?,20?,24?/m1/s1. The van der Waals surface area contributed by atoms with Crippen molar-refractivity contribution in [3.8, 4) is 5.82 Å². The molecule has 0 aromatic carbocycles. The molecule has 0 spiro atoms. The molecule has 4 aliphatic rings. The minimum atomic E-state index is -2.76. The average molecular weight is 556 g/mol. The maximum Gasteiger partial charge on any atom is 0.177 e.